The summed E-state index contributed by atoms with van der Waals surface area (Å²) in [6.45, 7) is 1.76. The van der Waals surface area contributed by atoms with Gasteiger partial charge in [-0.05, 0) is 29.8 Å². The average molecular weight is 436 g/mol. The third-order valence-electron chi connectivity index (χ3n) is 4.96. The van der Waals surface area contributed by atoms with Crippen LogP contribution in [-0.4, -0.2) is 62.2 Å². The molecule has 1 aliphatic heterocycles. The minimum atomic E-state index is -0.601. The monoisotopic (exact) mass is 435 g/mol. The molecule has 0 spiro atoms. The topological polar surface area (TPSA) is 71.1 Å². The van der Waals surface area contributed by atoms with E-state index in [1.165, 1.54) is 32.4 Å². The highest BCUT2D eigenvalue weighted by Crippen LogP contribution is 2.27. The number of halogens is 2. The third-order valence-corrected chi connectivity index (χ3v) is 5.20. The summed E-state index contributed by atoms with van der Waals surface area (Å²) in [6, 6.07) is 10.1. The second kappa shape index (κ2) is 9.77. The number of hydrogen-bond donors (Lipinski definition) is 1. The van der Waals surface area contributed by atoms with Gasteiger partial charge in [0.05, 0.1) is 19.9 Å². The summed E-state index contributed by atoms with van der Waals surface area (Å²) in [5.41, 5.74) is 1.13. The predicted molar refractivity (Wildman–Crippen MR) is 111 cm³/mol. The Kier molecular flexibility index (Phi) is 7.12. The van der Waals surface area contributed by atoms with Crippen molar-refractivity contribution in [1.29, 1.82) is 0 Å². The van der Waals surface area contributed by atoms with E-state index in [9.17, 15) is 14.0 Å². The number of piperazine rings is 1. The van der Waals surface area contributed by atoms with Crippen molar-refractivity contribution in [2.75, 3.05) is 45.7 Å². The fourth-order valence-electron chi connectivity index (χ4n) is 3.43. The van der Waals surface area contributed by atoms with Crippen molar-refractivity contribution in [2.24, 2.45) is 0 Å². The molecule has 7 nitrogen and oxygen atoms in total. The van der Waals surface area contributed by atoms with Crippen molar-refractivity contribution in [1.82, 2.24) is 9.80 Å². The standard InChI is InChI=1S/C21H23ClFN3O4/c1-29-18-13-16(23)6-7-17(18)24-21(28)26-10-8-25(9-11-26)19(20(27)30-2)14-4-3-5-15(22)12-14/h3-7,12-13,19H,8-11H2,1-2H3,(H,24,28). The van der Waals surface area contributed by atoms with Crippen LogP contribution >= 0.6 is 11.6 Å². The molecule has 1 aliphatic rings. The Morgan fingerprint density at radius 1 is 1.10 bits per heavy atom. The normalized spacial score (nSPS) is 15.4. The molecule has 2 amide bonds. The van der Waals surface area contributed by atoms with E-state index in [1.807, 2.05) is 11.0 Å². The molecule has 0 bridgehead atoms. The number of carbonyl (C=O) groups is 2. The molecule has 0 saturated carbocycles. The van der Waals surface area contributed by atoms with Crippen molar-refractivity contribution in [2.45, 2.75) is 6.04 Å². The third kappa shape index (κ3) is 5.01. The van der Waals surface area contributed by atoms with E-state index in [2.05, 4.69) is 5.32 Å². The summed E-state index contributed by atoms with van der Waals surface area (Å²) >= 11 is 6.09. The van der Waals surface area contributed by atoms with Gasteiger partial charge in [0.25, 0.3) is 0 Å². The maximum absolute atomic E-state index is 13.3. The van der Waals surface area contributed by atoms with Crippen LogP contribution < -0.4 is 10.1 Å². The largest absolute Gasteiger partial charge is 0.494 e. The Balaban J connectivity index is 1.67. The summed E-state index contributed by atoms with van der Waals surface area (Å²) in [5, 5.41) is 3.28. The Labute approximate surface area is 179 Å². The van der Waals surface area contributed by atoms with E-state index < -0.39 is 11.9 Å². The predicted octanol–water partition coefficient (Wildman–Crippen LogP) is 3.55. The fourth-order valence-corrected chi connectivity index (χ4v) is 3.63. The Morgan fingerprint density at radius 3 is 2.47 bits per heavy atom. The molecule has 2 aromatic rings. The molecular weight excluding hydrogens is 413 g/mol. The lowest BCUT2D eigenvalue weighted by atomic mass is 10.0. The van der Waals surface area contributed by atoms with Gasteiger partial charge in [-0.1, -0.05) is 23.7 Å². The quantitative estimate of drug-likeness (QED) is 0.727. The van der Waals surface area contributed by atoms with Crippen LogP contribution in [0.4, 0.5) is 14.9 Å². The van der Waals surface area contributed by atoms with Crippen LogP contribution in [0.2, 0.25) is 5.02 Å². The molecule has 0 radical (unpaired) electrons. The van der Waals surface area contributed by atoms with E-state index in [1.54, 1.807) is 23.1 Å². The van der Waals surface area contributed by atoms with Gasteiger partial charge >= 0.3 is 12.0 Å². The van der Waals surface area contributed by atoms with Crippen LogP contribution in [0.1, 0.15) is 11.6 Å². The second-order valence-corrected chi connectivity index (χ2v) is 7.21. The minimum Gasteiger partial charge on any atom is -0.494 e. The number of amides is 2. The first-order valence-corrected chi connectivity index (χ1v) is 9.77. The number of esters is 1. The molecule has 160 valence electrons. The van der Waals surface area contributed by atoms with Crippen molar-refractivity contribution in [3.8, 4) is 5.75 Å². The number of rotatable bonds is 5. The first-order valence-electron chi connectivity index (χ1n) is 9.39. The van der Waals surface area contributed by atoms with Gasteiger partial charge in [-0.25, -0.2) is 14.0 Å². The van der Waals surface area contributed by atoms with E-state index in [0.29, 0.717) is 36.9 Å². The maximum atomic E-state index is 13.3. The van der Waals surface area contributed by atoms with Gasteiger partial charge in [-0.2, -0.15) is 0 Å². The van der Waals surface area contributed by atoms with E-state index >= 15 is 0 Å². The van der Waals surface area contributed by atoms with Crippen LogP contribution in [0, 0.1) is 5.82 Å². The molecule has 0 aromatic heterocycles. The van der Waals surface area contributed by atoms with E-state index in [0.717, 1.165) is 5.56 Å². The number of methoxy groups -OCH3 is 2. The number of carbonyl (C=O) groups excluding carboxylic acids is 2. The van der Waals surface area contributed by atoms with Crippen molar-refractivity contribution in [3.05, 3.63) is 58.9 Å². The van der Waals surface area contributed by atoms with Crippen LogP contribution in [0.25, 0.3) is 0 Å². The van der Waals surface area contributed by atoms with Crippen LogP contribution in [0.15, 0.2) is 42.5 Å². The van der Waals surface area contributed by atoms with Crippen LogP contribution in [0.3, 0.4) is 0 Å². The molecule has 1 N–H and O–H groups in total. The number of anilines is 1. The molecular formula is C21H23ClFN3O4. The zero-order valence-corrected chi connectivity index (χ0v) is 17.5. The van der Waals surface area contributed by atoms with Gasteiger partial charge < -0.3 is 19.7 Å². The summed E-state index contributed by atoms with van der Waals surface area (Å²) in [6.07, 6.45) is 0. The van der Waals surface area contributed by atoms with Gasteiger partial charge in [0.2, 0.25) is 0 Å². The zero-order valence-electron chi connectivity index (χ0n) is 16.7. The molecule has 0 aliphatic carbocycles. The van der Waals surface area contributed by atoms with Crippen molar-refractivity contribution < 1.29 is 23.5 Å². The van der Waals surface area contributed by atoms with Crippen LogP contribution in [0.5, 0.6) is 5.75 Å². The average Bonchev–Trinajstić information content (AvgIpc) is 2.75. The van der Waals surface area contributed by atoms with E-state index in [4.69, 9.17) is 21.1 Å². The molecule has 3 rings (SSSR count). The molecule has 1 atom stereocenters. The number of ether oxygens (including phenoxy) is 2. The summed E-state index contributed by atoms with van der Waals surface area (Å²) in [4.78, 5) is 28.7. The van der Waals surface area contributed by atoms with Gasteiger partial charge in [0, 0.05) is 37.3 Å². The molecule has 1 unspecified atom stereocenters. The summed E-state index contributed by atoms with van der Waals surface area (Å²) in [5.74, 6) is -0.590. The Morgan fingerprint density at radius 2 is 1.83 bits per heavy atom. The summed E-state index contributed by atoms with van der Waals surface area (Å²) < 4.78 is 23.5. The fraction of sp³-hybridized carbons (Fsp3) is 0.333. The first kappa shape index (κ1) is 21.9. The summed E-state index contributed by atoms with van der Waals surface area (Å²) in [7, 11) is 2.76. The molecule has 9 heteroatoms. The molecule has 1 saturated heterocycles. The lowest BCUT2D eigenvalue weighted by Gasteiger charge is -2.38. The molecule has 30 heavy (non-hydrogen) atoms. The van der Waals surface area contributed by atoms with Gasteiger partial charge in [0.15, 0.2) is 0 Å². The maximum Gasteiger partial charge on any atom is 0.327 e. The van der Waals surface area contributed by atoms with Crippen molar-refractivity contribution >= 4 is 29.3 Å². The Hall–Kier alpha value is -2.84. The van der Waals surface area contributed by atoms with Crippen LogP contribution in [-0.2, 0) is 9.53 Å². The van der Waals surface area contributed by atoms with Gasteiger partial charge in [-0.3, -0.25) is 4.90 Å². The van der Waals surface area contributed by atoms with Gasteiger partial charge in [-0.15, -0.1) is 0 Å². The zero-order chi connectivity index (χ0) is 21.7. The SMILES string of the molecule is COC(=O)C(c1cccc(Cl)c1)N1CCN(C(=O)Nc2ccc(F)cc2OC)CC1. The highest BCUT2D eigenvalue weighted by atomic mass is 35.5. The number of urea groups is 1. The highest BCUT2D eigenvalue weighted by Gasteiger charge is 2.32. The van der Waals surface area contributed by atoms with E-state index in [-0.39, 0.29) is 17.7 Å². The van der Waals surface area contributed by atoms with Crippen molar-refractivity contribution in [3.63, 3.8) is 0 Å². The lowest BCUT2D eigenvalue weighted by molar-refractivity contribution is -0.148. The molecule has 1 fully saturated rings. The Bertz CT molecular complexity index is 919. The lowest BCUT2D eigenvalue weighted by Crippen LogP contribution is -2.52. The molecule has 1 heterocycles. The smallest absolute Gasteiger partial charge is 0.327 e. The highest BCUT2D eigenvalue weighted by molar-refractivity contribution is 6.30. The molecule has 2 aromatic carbocycles. The minimum absolute atomic E-state index is 0.244. The van der Waals surface area contributed by atoms with Gasteiger partial charge in [0.1, 0.15) is 17.6 Å². The number of benzene rings is 2. The number of nitrogens with one attached hydrogen (secondary N) is 1. The second-order valence-electron chi connectivity index (χ2n) is 6.78. The number of nitrogens with zero attached hydrogens (tertiary/aromatic N) is 2. The first-order chi connectivity index (χ1) is 14.4. The number of hydrogen-bond acceptors (Lipinski definition) is 5.